The number of benzene rings is 2. The van der Waals surface area contributed by atoms with E-state index >= 15 is 0 Å². The van der Waals surface area contributed by atoms with Gasteiger partial charge in [-0.2, -0.15) is 0 Å². The van der Waals surface area contributed by atoms with Crippen molar-refractivity contribution in [3.05, 3.63) is 72.1 Å². The standard InChI is InChI=1S/C21H20N2O/c1-14(24)11-21(2,17-12-22-19-9-5-3-7-15(17)19)18-13-23-20-10-6-4-8-16(18)20/h3-10,12-13,22-23H,11H2,1-2H3. The number of Topliss-reactive ketones (excluding diaryl/α,β-unsaturated/α-hetero) is 1. The quantitative estimate of drug-likeness (QED) is 0.551. The van der Waals surface area contributed by atoms with Gasteiger partial charge in [0.25, 0.3) is 0 Å². The van der Waals surface area contributed by atoms with Gasteiger partial charge in [0.15, 0.2) is 0 Å². The molecule has 0 saturated heterocycles. The van der Waals surface area contributed by atoms with E-state index in [1.54, 1.807) is 6.92 Å². The van der Waals surface area contributed by atoms with Crippen LogP contribution >= 0.6 is 0 Å². The molecule has 2 heterocycles. The normalized spacial score (nSPS) is 12.1. The monoisotopic (exact) mass is 316 g/mol. The van der Waals surface area contributed by atoms with Crippen molar-refractivity contribution in [2.24, 2.45) is 0 Å². The van der Waals surface area contributed by atoms with Crippen molar-refractivity contribution in [3.8, 4) is 0 Å². The maximum atomic E-state index is 12.1. The predicted molar refractivity (Wildman–Crippen MR) is 98.3 cm³/mol. The van der Waals surface area contributed by atoms with E-state index in [9.17, 15) is 4.79 Å². The fourth-order valence-corrected chi connectivity index (χ4v) is 3.89. The van der Waals surface area contributed by atoms with Crippen molar-refractivity contribution in [2.45, 2.75) is 25.7 Å². The van der Waals surface area contributed by atoms with Gasteiger partial charge in [-0.15, -0.1) is 0 Å². The summed E-state index contributed by atoms with van der Waals surface area (Å²) in [5, 5.41) is 2.35. The highest BCUT2D eigenvalue weighted by molar-refractivity contribution is 5.91. The molecule has 4 rings (SSSR count). The average Bonchev–Trinajstić information content (AvgIpc) is 3.19. The van der Waals surface area contributed by atoms with Crippen LogP contribution < -0.4 is 0 Å². The summed E-state index contributed by atoms with van der Waals surface area (Å²) in [6.07, 6.45) is 4.57. The van der Waals surface area contributed by atoms with Gasteiger partial charge in [-0.1, -0.05) is 43.3 Å². The lowest BCUT2D eigenvalue weighted by Gasteiger charge is -2.29. The van der Waals surface area contributed by atoms with E-state index in [-0.39, 0.29) is 11.2 Å². The summed E-state index contributed by atoms with van der Waals surface area (Å²) in [6.45, 7) is 3.83. The first-order valence-electron chi connectivity index (χ1n) is 8.22. The summed E-state index contributed by atoms with van der Waals surface area (Å²) in [6, 6.07) is 16.5. The summed E-state index contributed by atoms with van der Waals surface area (Å²) < 4.78 is 0. The summed E-state index contributed by atoms with van der Waals surface area (Å²) in [5.41, 5.74) is 4.14. The van der Waals surface area contributed by atoms with Crippen molar-refractivity contribution in [1.82, 2.24) is 9.97 Å². The van der Waals surface area contributed by atoms with Crippen molar-refractivity contribution < 1.29 is 4.79 Å². The topological polar surface area (TPSA) is 48.6 Å². The molecule has 0 amide bonds. The second-order valence-corrected chi connectivity index (χ2v) is 6.71. The van der Waals surface area contributed by atoms with Gasteiger partial charge >= 0.3 is 0 Å². The molecule has 3 heteroatoms. The van der Waals surface area contributed by atoms with E-state index in [1.807, 2.05) is 24.3 Å². The Morgan fingerprint density at radius 3 is 1.79 bits per heavy atom. The first-order chi connectivity index (χ1) is 11.6. The number of H-pyrrole nitrogens is 2. The average molecular weight is 316 g/mol. The predicted octanol–water partition coefficient (Wildman–Crippen LogP) is 4.93. The van der Waals surface area contributed by atoms with Gasteiger partial charge in [-0.3, -0.25) is 4.79 Å². The molecule has 0 aliphatic rings. The highest BCUT2D eigenvalue weighted by atomic mass is 16.1. The van der Waals surface area contributed by atoms with Crippen LogP contribution in [0.4, 0.5) is 0 Å². The molecule has 120 valence electrons. The van der Waals surface area contributed by atoms with E-state index in [0.717, 1.165) is 22.2 Å². The molecule has 0 fully saturated rings. The van der Waals surface area contributed by atoms with E-state index in [1.165, 1.54) is 10.8 Å². The number of carbonyl (C=O) groups excluding carboxylic acids is 1. The number of hydrogen-bond acceptors (Lipinski definition) is 1. The molecule has 2 aromatic heterocycles. The summed E-state index contributed by atoms with van der Waals surface area (Å²) in [7, 11) is 0. The minimum Gasteiger partial charge on any atom is -0.361 e. The van der Waals surface area contributed by atoms with Gasteiger partial charge in [0.2, 0.25) is 0 Å². The fourth-order valence-electron chi connectivity index (χ4n) is 3.89. The third-order valence-electron chi connectivity index (χ3n) is 4.97. The molecular weight excluding hydrogens is 296 g/mol. The first kappa shape index (κ1) is 14.8. The van der Waals surface area contributed by atoms with E-state index in [2.05, 4.69) is 53.6 Å². The molecule has 0 saturated carbocycles. The fraction of sp³-hybridized carbons (Fsp3) is 0.190. The third-order valence-corrected chi connectivity index (χ3v) is 4.97. The van der Waals surface area contributed by atoms with Crippen molar-refractivity contribution in [2.75, 3.05) is 0 Å². The Kier molecular flexibility index (Phi) is 3.31. The third kappa shape index (κ3) is 2.16. The zero-order chi connectivity index (χ0) is 16.7. The van der Waals surface area contributed by atoms with Crippen LogP contribution in [0.15, 0.2) is 60.9 Å². The molecule has 0 aliphatic heterocycles. The van der Waals surface area contributed by atoms with Crippen LogP contribution in [0.2, 0.25) is 0 Å². The van der Waals surface area contributed by atoms with Gasteiger partial charge in [0.05, 0.1) is 0 Å². The summed E-state index contributed by atoms with van der Waals surface area (Å²) >= 11 is 0. The Balaban J connectivity index is 2.01. The lowest BCUT2D eigenvalue weighted by Crippen LogP contribution is -2.26. The Hall–Kier alpha value is -2.81. The van der Waals surface area contributed by atoms with Crippen molar-refractivity contribution >= 4 is 27.6 Å². The van der Waals surface area contributed by atoms with Crippen molar-refractivity contribution in [3.63, 3.8) is 0 Å². The number of fused-ring (bicyclic) bond motifs is 2. The molecule has 0 unspecified atom stereocenters. The molecule has 0 spiro atoms. The molecule has 0 atom stereocenters. The number of rotatable bonds is 4. The number of aromatic nitrogens is 2. The first-order valence-corrected chi connectivity index (χ1v) is 8.22. The highest BCUT2D eigenvalue weighted by Gasteiger charge is 2.34. The Bertz CT molecular complexity index is 964. The highest BCUT2D eigenvalue weighted by Crippen LogP contribution is 2.42. The Morgan fingerprint density at radius 1 is 0.875 bits per heavy atom. The van der Waals surface area contributed by atoms with Crippen LogP contribution in [0.25, 0.3) is 21.8 Å². The van der Waals surface area contributed by atoms with Crippen LogP contribution in [-0.4, -0.2) is 15.8 Å². The van der Waals surface area contributed by atoms with Gasteiger partial charge < -0.3 is 9.97 Å². The lowest BCUT2D eigenvalue weighted by molar-refractivity contribution is -0.117. The maximum absolute atomic E-state index is 12.1. The van der Waals surface area contributed by atoms with Crippen LogP contribution in [0.5, 0.6) is 0 Å². The molecule has 4 aromatic rings. The number of ketones is 1. The summed E-state index contributed by atoms with van der Waals surface area (Å²) in [5.74, 6) is 0.188. The molecule has 24 heavy (non-hydrogen) atoms. The number of aromatic amines is 2. The number of hydrogen-bond donors (Lipinski definition) is 2. The molecule has 0 aliphatic carbocycles. The Labute approximate surface area is 140 Å². The van der Waals surface area contributed by atoms with Crippen LogP contribution in [0, 0.1) is 0 Å². The number of nitrogens with one attached hydrogen (secondary N) is 2. The Morgan fingerprint density at radius 2 is 1.33 bits per heavy atom. The number of para-hydroxylation sites is 2. The van der Waals surface area contributed by atoms with Gasteiger partial charge in [0.1, 0.15) is 5.78 Å². The molecule has 0 radical (unpaired) electrons. The van der Waals surface area contributed by atoms with Gasteiger partial charge in [-0.25, -0.2) is 0 Å². The van der Waals surface area contributed by atoms with Crippen LogP contribution in [-0.2, 0) is 10.2 Å². The van der Waals surface area contributed by atoms with Crippen LogP contribution in [0.1, 0.15) is 31.4 Å². The zero-order valence-corrected chi connectivity index (χ0v) is 13.9. The summed E-state index contributed by atoms with van der Waals surface area (Å²) in [4.78, 5) is 18.8. The SMILES string of the molecule is CC(=O)CC(C)(c1c[nH]c2ccccc12)c1c[nH]c2ccccc12. The largest absolute Gasteiger partial charge is 0.361 e. The molecule has 2 aromatic carbocycles. The van der Waals surface area contributed by atoms with Gasteiger partial charge in [0, 0.05) is 46.0 Å². The van der Waals surface area contributed by atoms with E-state index in [0.29, 0.717) is 6.42 Å². The minimum atomic E-state index is -0.384. The zero-order valence-electron chi connectivity index (χ0n) is 13.9. The van der Waals surface area contributed by atoms with Crippen LogP contribution in [0.3, 0.4) is 0 Å². The second kappa shape index (κ2) is 5.38. The maximum Gasteiger partial charge on any atom is 0.131 e. The van der Waals surface area contributed by atoms with Crippen molar-refractivity contribution in [1.29, 1.82) is 0 Å². The smallest absolute Gasteiger partial charge is 0.131 e. The number of carbonyl (C=O) groups is 1. The van der Waals surface area contributed by atoms with E-state index < -0.39 is 0 Å². The minimum absolute atomic E-state index is 0.188. The van der Waals surface area contributed by atoms with E-state index in [4.69, 9.17) is 0 Å². The molecule has 2 N–H and O–H groups in total. The molecule has 0 bridgehead atoms. The second-order valence-electron chi connectivity index (χ2n) is 6.71. The van der Waals surface area contributed by atoms with Gasteiger partial charge in [-0.05, 0) is 30.2 Å². The molecular formula is C21H20N2O. The lowest BCUT2D eigenvalue weighted by atomic mass is 9.72. The molecule has 3 nitrogen and oxygen atoms in total.